The third-order valence-corrected chi connectivity index (χ3v) is 4.74. The van der Waals surface area contributed by atoms with Crippen molar-refractivity contribution in [2.75, 3.05) is 13.1 Å². The van der Waals surface area contributed by atoms with Crippen LogP contribution in [0.15, 0.2) is 10.5 Å². The SMILES string of the molecule is CC(C)(C)OC(=O)NCC(F)(F)CNCc1cc(Br)c(Cl)s1. The molecule has 0 spiro atoms. The van der Waals surface area contributed by atoms with Crippen LogP contribution < -0.4 is 10.6 Å². The van der Waals surface area contributed by atoms with Crippen LogP contribution >= 0.6 is 38.9 Å². The second kappa shape index (κ2) is 7.90. The quantitative estimate of drug-likeness (QED) is 0.718. The lowest BCUT2D eigenvalue weighted by atomic mass is 10.2. The van der Waals surface area contributed by atoms with Crippen LogP contribution in [0.5, 0.6) is 0 Å². The molecule has 0 radical (unpaired) electrons. The Morgan fingerprint density at radius 1 is 1.41 bits per heavy atom. The second-order valence-electron chi connectivity index (χ2n) is 5.65. The first-order valence-corrected chi connectivity index (χ1v) is 8.46. The summed E-state index contributed by atoms with van der Waals surface area (Å²) in [5.41, 5.74) is -0.719. The summed E-state index contributed by atoms with van der Waals surface area (Å²) in [6, 6.07) is 1.77. The van der Waals surface area contributed by atoms with Gasteiger partial charge in [-0.2, -0.15) is 0 Å². The van der Waals surface area contributed by atoms with Crippen molar-refractivity contribution in [2.45, 2.75) is 38.8 Å². The lowest BCUT2D eigenvalue weighted by Crippen LogP contribution is -2.44. The van der Waals surface area contributed by atoms with E-state index in [4.69, 9.17) is 16.3 Å². The Labute approximate surface area is 145 Å². The Kier molecular flexibility index (Phi) is 7.04. The molecule has 1 aromatic heterocycles. The van der Waals surface area contributed by atoms with E-state index in [0.29, 0.717) is 4.34 Å². The number of carbonyl (C=O) groups is 1. The number of nitrogens with one attached hydrogen (secondary N) is 2. The normalized spacial score (nSPS) is 12.3. The number of alkyl halides is 2. The largest absolute Gasteiger partial charge is 0.444 e. The molecule has 0 aliphatic rings. The highest BCUT2D eigenvalue weighted by Crippen LogP contribution is 2.31. The van der Waals surface area contributed by atoms with Crippen molar-refractivity contribution in [3.8, 4) is 0 Å². The van der Waals surface area contributed by atoms with Crippen molar-refractivity contribution in [1.82, 2.24) is 10.6 Å². The van der Waals surface area contributed by atoms with E-state index < -0.39 is 30.7 Å². The molecule has 1 amide bonds. The van der Waals surface area contributed by atoms with Crippen LogP contribution in [-0.4, -0.2) is 30.7 Å². The average molecular weight is 420 g/mol. The summed E-state index contributed by atoms with van der Waals surface area (Å²) < 4.78 is 33.5. The van der Waals surface area contributed by atoms with Gasteiger partial charge in [0.1, 0.15) is 9.94 Å². The number of hydrogen-bond donors (Lipinski definition) is 2. The molecule has 1 aromatic rings. The van der Waals surface area contributed by atoms with Crippen molar-refractivity contribution in [2.24, 2.45) is 0 Å². The molecule has 0 bridgehead atoms. The van der Waals surface area contributed by atoms with Gasteiger partial charge in [0.05, 0.1) is 13.1 Å². The van der Waals surface area contributed by atoms with Gasteiger partial charge in [-0.1, -0.05) is 11.6 Å². The number of amides is 1. The van der Waals surface area contributed by atoms with E-state index in [1.807, 2.05) is 0 Å². The smallest absolute Gasteiger partial charge is 0.407 e. The minimum absolute atomic E-state index is 0.276. The summed E-state index contributed by atoms with van der Waals surface area (Å²) in [6.45, 7) is 3.92. The molecule has 126 valence electrons. The maximum Gasteiger partial charge on any atom is 0.407 e. The van der Waals surface area contributed by atoms with Crippen molar-refractivity contribution in [1.29, 1.82) is 0 Å². The van der Waals surface area contributed by atoms with E-state index >= 15 is 0 Å². The summed E-state index contributed by atoms with van der Waals surface area (Å²) in [4.78, 5) is 12.2. The molecule has 0 aliphatic heterocycles. The first kappa shape index (κ1) is 19.6. The van der Waals surface area contributed by atoms with Crippen LogP contribution in [-0.2, 0) is 11.3 Å². The van der Waals surface area contributed by atoms with Gasteiger partial charge in [-0.05, 0) is 42.8 Å². The monoisotopic (exact) mass is 418 g/mol. The van der Waals surface area contributed by atoms with Gasteiger partial charge in [-0.25, -0.2) is 13.6 Å². The van der Waals surface area contributed by atoms with Gasteiger partial charge in [0.2, 0.25) is 0 Å². The average Bonchev–Trinajstić information content (AvgIpc) is 2.64. The number of hydrogen-bond acceptors (Lipinski definition) is 4. The van der Waals surface area contributed by atoms with E-state index in [-0.39, 0.29) is 6.54 Å². The molecule has 0 atom stereocenters. The minimum Gasteiger partial charge on any atom is -0.444 e. The molecule has 1 rings (SSSR count). The zero-order valence-corrected chi connectivity index (χ0v) is 15.6. The lowest BCUT2D eigenvalue weighted by Gasteiger charge is -2.22. The molecule has 1 heterocycles. The van der Waals surface area contributed by atoms with Crippen LogP contribution in [0.1, 0.15) is 25.6 Å². The second-order valence-corrected chi connectivity index (χ2v) is 8.24. The van der Waals surface area contributed by atoms with Gasteiger partial charge in [-0.15, -0.1) is 11.3 Å². The van der Waals surface area contributed by atoms with Gasteiger partial charge in [0.25, 0.3) is 5.92 Å². The predicted octanol–water partition coefficient (Wildman–Crippen LogP) is 4.41. The van der Waals surface area contributed by atoms with Crippen LogP contribution in [0, 0.1) is 0 Å². The number of ether oxygens (including phenoxy) is 1. The fraction of sp³-hybridized carbons (Fsp3) is 0.615. The van der Waals surface area contributed by atoms with Crippen LogP contribution in [0.2, 0.25) is 4.34 Å². The molecule has 0 unspecified atom stereocenters. The highest BCUT2D eigenvalue weighted by molar-refractivity contribution is 9.10. The first-order valence-electron chi connectivity index (χ1n) is 6.48. The summed E-state index contributed by atoms with van der Waals surface area (Å²) in [6.07, 6.45) is -0.860. The molecule has 0 saturated carbocycles. The molecule has 22 heavy (non-hydrogen) atoms. The van der Waals surface area contributed by atoms with Gasteiger partial charge in [0.15, 0.2) is 0 Å². The minimum atomic E-state index is -3.07. The lowest BCUT2D eigenvalue weighted by molar-refractivity contribution is -0.00372. The summed E-state index contributed by atoms with van der Waals surface area (Å²) >= 11 is 10.4. The van der Waals surface area contributed by atoms with Crippen molar-refractivity contribution in [3.05, 3.63) is 19.8 Å². The van der Waals surface area contributed by atoms with E-state index in [0.717, 1.165) is 9.35 Å². The number of rotatable bonds is 6. The molecule has 0 aliphatic carbocycles. The van der Waals surface area contributed by atoms with E-state index in [9.17, 15) is 13.6 Å². The molecule has 2 N–H and O–H groups in total. The number of carbonyl (C=O) groups excluding carboxylic acids is 1. The highest BCUT2D eigenvalue weighted by Gasteiger charge is 2.30. The van der Waals surface area contributed by atoms with Gasteiger partial charge >= 0.3 is 6.09 Å². The maximum absolute atomic E-state index is 13.6. The topological polar surface area (TPSA) is 50.4 Å². The van der Waals surface area contributed by atoms with E-state index in [1.165, 1.54) is 11.3 Å². The van der Waals surface area contributed by atoms with Gasteiger partial charge in [-0.3, -0.25) is 0 Å². The molecule has 0 fully saturated rings. The standard InChI is InChI=1S/C13H18BrClF2N2O2S/c1-12(2,3)21-11(20)19-7-13(16,17)6-18-5-8-4-9(14)10(15)22-8/h4,18H,5-7H2,1-3H3,(H,19,20). The maximum atomic E-state index is 13.6. The third-order valence-electron chi connectivity index (χ3n) is 2.27. The van der Waals surface area contributed by atoms with E-state index in [1.54, 1.807) is 26.8 Å². The highest BCUT2D eigenvalue weighted by atomic mass is 79.9. The predicted molar refractivity (Wildman–Crippen MR) is 87.9 cm³/mol. The summed E-state index contributed by atoms with van der Waals surface area (Å²) in [7, 11) is 0. The van der Waals surface area contributed by atoms with Crippen LogP contribution in [0.3, 0.4) is 0 Å². The Morgan fingerprint density at radius 3 is 2.55 bits per heavy atom. The summed E-state index contributed by atoms with van der Waals surface area (Å²) in [5.74, 6) is -3.07. The summed E-state index contributed by atoms with van der Waals surface area (Å²) in [5, 5.41) is 4.71. The van der Waals surface area contributed by atoms with Crippen LogP contribution in [0.25, 0.3) is 0 Å². The Morgan fingerprint density at radius 2 is 2.05 bits per heavy atom. The first-order chi connectivity index (χ1) is 9.98. The van der Waals surface area contributed by atoms with Gasteiger partial charge < -0.3 is 15.4 Å². The van der Waals surface area contributed by atoms with Crippen molar-refractivity contribution in [3.63, 3.8) is 0 Å². The molecule has 4 nitrogen and oxygen atoms in total. The third kappa shape index (κ3) is 7.71. The zero-order valence-electron chi connectivity index (χ0n) is 12.4. The molecule has 9 heteroatoms. The molecule has 0 aromatic carbocycles. The fourth-order valence-electron chi connectivity index (χ4n) is 1.43. The van der Waals surface area contributed by atoms with E-state index in [2.05, 4.69) is 26.6 Å². The van der Waals surface area contributed by atoms with Crippen molar-refractivity contribution >= 4 is 45.0 Å². The number of halogens is 4. The fourth-order valence-corrected chi connectivity index (χ4v) is 3.19. The molecular formula is C13H18BrClF2N2O2S. The van der Waals surface area contributed by atoms with Gasteiger partial charge in [0, 0.05) is 15.9 Å². The van der Waals surface area contributed by atoms with Crippen LogP contribution in [0.4, 0.5) is 13.6 Å². The molecule has 0 saturated heterocycles. The Hall–Kier alpha value is -0.440. The van der Waals surface area contributed by atoms with Crippen molar-refractivity contribution < 1.29 is 18.3 Å². The number of alkyl carbamates (subject to hydrolysis) is 1. The Balaban J connectivity index is 2.33. The Bertz CT molecular complexity index is 501. The number of thiophene rings is 1. The zero-order chi connectivity index (χ0) is 17.0. The molecular weight excluding hydrogens is 402 g/mol.